The predicted octanol–water partition coefficient (Wildman–Crippen LogP) is 3.53. The third-order valence-electron chi connectivity index (χ3n) is 3.73. The first-order chi connectivity index (χ1) is 9.70. The lowest BCUT2D eigenvalue weighted by Gasteiger charge is -2.28. The minimum Gasteiger partial charge on any atom is -0.335 e. The lowest BCUT2D eigenvalue weighted by molar-refractivity contribution is 0.0701. The Morgan fingerprint density at radius 3 is 2.57 bits per heavy atom. The minimum absolute atomic E-state index is 0.152. The third-order valence-corrected chi connectivity index (χ3v) is 5.28. The molecule has 1 amide bonds. The molecule has 0 radical (unpaired) electrons. The zero-order valence-electron chi connectivity index (χ0n) is 11.8. The van der Waals surface area contributed by atoms with Crippen molar-refractivity contribution in [3.05, 3.63) is 28.8 Å². The highest BCUT2D eigenvalue weighted by Crippen LogP contribution is 2.28. The molecule has 1 aromatic carbocycles. The summed E-state index contributed by atoms with van der Waals surface area (Å²) in [5, 5.41) is 0.181. The molecule has 1 saturated heterocycles. The Labute approximate surface area is 134 Å². The second kappa shape index (κ2) is 6.15. The van der Waals surface area contributed by atoms with E-state index in [1.165, 1.54) is 18.2 Å². The predicted molar refractivity (Wildman–Crippen MR) is 83.4 cm³/mol. The molecule has 116 valence electrons. The molecule has 0 spiro atoms. The Morgan fingerprint density at radius 2 is 2.00 bits per heavy atom. The molecule has 0 bridgehead atoms. The summed E-state index contributed by atoms with van der Waals surface area (Å²) in [5.74, 6) is 0.155. The molecule has 0 N–H and O–H groups in total. The molecule has 1 atom stereocenters. The summed E-state index contributed by atoms with van der Waals surface area (Å²) in [6.07, 6.45) is 1.92. The largest absolute Gasteiger partial charge is 0.335 e. The molecule has 4 nitrogen and oxygen atoms in total. The minimum atomic E-state index is -3.92. The second-order valence-electron chi connectivity index (χ2n) is 5.57. The van der Waals surface area contributed by atoms with Gasteiger partial charge in [0.2, 0.25) is 0 Å². The van der Waals surface area contributed by atoms with Crippen molar-refractivity contribution in [1.29, 1.82) is 0 Å². The van der Waals surface area contributed by atoms with Gasteiger partial charge in [0.05, 0.1) is 4.90 Å². The van der Waals surface area contributed by atoms with Gasteiger partial charge in [-0.25, -0.2) is 8.42 Å². The number of halogens is 2. The number of amides is 1. The molecular formula is C14H17Cl2NO3S. The summed E-state index contributed by atoms with van der Waals surface area (Å²) in [4.78, 5) is 14.3. The van der Waals surface area contributed by atoms with Gasteiger partial charge in [-0.05, 0) is 37.0 Å². The Balaban J connectivity index is 2.38. The number of rotatable bonds is 3. The fourth-order valence-corrected chi connectivity index (χ4v) is 3.83. The van der Waals surface area contributed by atoms with Gasteiger partial charge in [0.25, 0.3) is 15.0 Å². The summed E-state index contributed by atoms with van der Waals surface area (Å²) >= 11 is 5.91. The average Bonchev–Trinajstić information content (AvgIpc) is 2.85. The van der Waals surface area contributed by atoms with E-state index in [0.29, 0.717) is 12.5 Å². The number of benzene rings is 1. The number of hydrogen-bond donors (Lipinski definition) is 0. The topological polar surface area (TPSA) is 54.5 Å². The van der Waals surface area contributed by atoms with Gasteiger partial charge in [0.1, 0.15) is 0 Å². The Bertz CT molecular complexity index is 658. The van der Waals surface area contributed by atoms with Crippen molar-refractivity contribution >= 4 is 37.2 Å². The van der Waals surface area contributed by atoms with E-state index in [9.17, 15) is 13.2 Å². The zero-order chi connectivity index (χ0) is 15.8. The molecule has 0 saturated carbocycles. The van der Waals surface area contributed by atoms with E-state index in [4.69, 9.17) is 22.3 Å². The molecular weight excluding hydrogens is 333 g/mol. The molecule has 1 aromatic rings. The van der Waals surface area contributed by atoms with Crippen molar-refractivity contribution in [2.24, 2.45) is 5.92 Å². The fourth-order valence-electron chi connectivity index (χ4n) is 2.73. The van der Waals surface area contributed by atoms with E-state index in [1.54, 1.807) is 4.90 Å². The first kappa shape index (κ1) is 16.6. The quantitative estimate of drug-likeness (QED) is 0.784. The summed E-state index contributed by atoms with van der Waals surface area (Å²) in [5.41, 5.74) is 0.259. The van der Waals surface area contributed by atoms with Crippen LogP contribution in [0.1, 0.15) is 37.0 Å². The van der Waals surface area contributed by atoms with E-state index in [0.717, 1.165) is 12.8 Å². The van der Waals surface area contributed by atoms with Crippen molar-refractivity contribution in [3.63, 3.8) is 0 Å². The monoisotopic (exact) mass is 349 g/mol. The van der Waals surface area contributed by atoms with Crippen molar-refractivity contribution in [1.82, 2.24) is 4.90 Å². The lowest BCUT2D eigenvalue weighted by atomic mass is 10.0. The normalized spacial score (nSPS) is 19.3. The van der Waals surface area contributed by atoms with Crippen LogP contribution in [-0.2, 0) is 9.05 Å². The van der Waals surface area contributed by atoms with Crippen LogP contribution >= 0.6 is 22.3 Å². The first-order valence-corrected chi connectivity index (χ1v) is 9.45. The Hall–Kier alpha value is -0.780. The second-order valence-corrected chi connectivity index (χ2v) is 8.57. The smallest absolute Gasteiger partial charge is 0.261 e. The molecule has 1 fully saturated rings. The first-order valence-electron chi connectivity index (χ1n) is 6.76. The van der Waals surface area contributed by atoms with E-state index in [2.05, 4.69) is 13.8 Å². The standard InChI is InChI=1S/C14H17Cl2NO3S/c1-9(2)13-4-3-5-17(13)14(18)10-6-11(15)8-12(7-10)21(16,19)20/h6-9,13H,3-5H2,1-2H3. The number of likely N-dealkylation sites (tertiary alicyclic amines) is 1. The van der Waals surface area contributed by atoms with Gasteiger partial charge in [0, 0.05) is 33.9 Å². The molecule has 0 aromatic heterocycles. The van der Waals surface area contributed by atoms with E-state index >= 15 is 0 Å². The average molecular weight is 350 g/mol. The number of nitrogens with zero attached hydrogens (tertiary/aromatic N) is 1. The molecule has 1 heterocycles. The van der Waals surface area contributed by atoms with Crippen molar-refractivity contribution in [3.8, 4) is 0 Å². The van der Waals surface area contributed by atoms with Crippen LogP contribution in [0.4, 0.5) is 0 Å². The molecule has 1 aliphatic heterocycles. The van der Waals surface area contributed by atoms with Gasteiger partial charge in [-0.1, -0.05) is 25.4 Å². The van der Waals surface area contributed by atoms with Gasteiger partial charge < -0.3 is 4.90 Å². The number of carbonyl (C=O) groups is 1. The van der Waals surface area contributed by atoms with E-state index < -0.39 is 9.05 Å². The molecule has 1 unspecified atom stereocenters. The van der Waals surface area contributed by atoms with E-state index in [-0.39, 0.29) is 27.4 Å². The van der Waals surface area contributed by atoms with Gasteiger partial charge in [-0.2, -0.15) is 0 Å². The molecule has 1 aliphatic rings. The maximum atomic E-state index is 12.6. The van der Waals surface area contributed by atoms with Crippen LogP contribution in [0.3, 0.4) is 0 Å². The van der Waals surface area contributed by atoms with Gasteiger partial charge >= 0.3 is 0 Å². The highest BCUT2D eigenvalue weighted by molar-refractivity contribution is 8.13. The van der Waals surface area contributed by atoms with Crippen molar-refractivity contribution in [2.45, 2.75) is 37.6 Å². The highest BCUT2D eigenvalue weighted by atomic mass is 35.7. The van der Waals surface area contributed by atoms with Crippen LogP contribution in [0.15, 0.2) is 23.1 Å². The Morgan fingerprint density at radius 1 is 1.33 bits per heavy atom. The van der Waals surface area contributed by atoms with Gasteiger partial charge in [0.15, 0.2) is 0 Å². The zero-order valence-corrected chi connectivity index (χ0v) is 14.2. The summed E-state index contributed by atoms with van der Waals surface area (Å²) in [6, 6.07) is 4.18. The molecule has 7 heteroatoms. The summed E-state index contributed by atoms with van der Waals surface area (Å²) in [6.45, 7) is 4.82. The van der Waals surface area contributed by atoms with Crippen LogP contribution in [0.5, 0.6) is 0 Å². The number of carbonyl (C=O) groups excluding carboxylic acids is 1. The van der Waals surface area contributed by atoms with Crippen molar-refractivity contribution in [2.75, 3.05) is 6.54 Å². The lowest BCUT2D eigenvalue weighted by Crippen LogP contribution is -2.38. The Kier molecular flexibility index (Phi) is 4.85. The maximum Gasteiger partial charge on any atom is 0.261 e. The molecule has 0 aliphatic carbocycles. The van der Waals surface area contributed by atoms with Crippen LogP contribution in [0.2, 0.25) is 5.02 Å². The number of hydrogen-bond acceptors (Lipinski definition) is 3. The SMILES string of the molecule is CC(C)C1CCCN1C(=O)c1cc(Cl)cc(S(=O)(=O)Cl)c1. The third kappa shape index (κ3) is 3.71. The summed E-state index contributed by atoms with van der Waals surface area (Å²) < 4.78 is 22.9. The summed E-state index contributed by atoms with van der Waals surface area (Å²) in [7, 11) is 1.42. The van der Waals surface area contributed by atoms with Gasteiger partial charge in [-0.15, -0.1) is 0 Å². The van der Waals surface area contributed by atoms with Crippen LogP contribution in [0.25, 0.3) is 0 Å². The van der Waals surface area contributed by atoms with Crippen LogP contribution in [-0.4, -0.2) is 31.8 Å². The molecule has 2 rings (SSSR count). The fraction of sp³-hybridized carbons (Fsp3) is 0.500. The molecule has 21 heavy (non-hydrogen) atoms. The van der Waals surface area contributed by atoms with Crippen LogP contribution in [0, 0.1) is 5.92 Å². The maximum absolute atomic E-state index is 12.6. The van der Waals surface area contributed by atoms with Crippen LogP contribution < -0.4 is 0 Å². The highest BCUT2D eigenvalue weighted by Gasteiger charge is 2.31. The van der Waals surface area contributed by atoms with Crippen molar-refractivity contribution < 1.29 is 13.2 Å². The van der Waals surface area contributed by atoms with Gasteiger partial charge in [-0.3, -0.25) is 4.79 Å². The van der Waals surface area contributed by atoms with E-state index in [1.807, 2.05) is 0 Å².